The quantitative estimate of drug-likeness (QED) is 0.616. The van der Waals surface area contributed by atoms with E-state index in [4.69, 9.17) is 9.47 Å². The van der Waals surface area contributed by atoms with Crippen LogP contribution < -0.4 is 14.8 Å². The highest BCUT2D eigenvalue weighted by Gasteiger charge is 2.10. The maximum absolute atomic E-state index is 12.4. The Kier molecular flexibility index (Phi) is 6.68. The molecule has 6 nitrogen and oxygen atoms in total. The Morgan fingerprint density at radius 1 is 1.04 bits per heavy atom. The average Bonchev–Trinajstić information content (AvgIpc) is 3.21. The minimum absolute atomic E-state index is 0.141. The Balaban J connectivity index is 1.57. The van der Waals surface area contributed by atoms with Crippen LogP contribution in [-0.2, 0) is 6.42 Å². The Hall–Kier alpha value is -3.28. The van der Waals surface area contributed by atoms with Gasteiger partial charge in [0.2, 0.25) is 0 Å². The van der Waals surface area contributed by atoms with E-state index in [0.717, 1.165) is 22.7 Å². The molecule has 28 heavy (non-hydrogen) atoms. The van der Waals surface area contributed by atoms with E-state index in [0.29, 0.717) is 31.7 Å². The standard InChI is InChI=1S/C22H25N3O3/c1-3-27-20-11-10-17(14-21(20)28-4-2)12-13-23-22(26)18-15-24-25(16-18)19-8-6-5-7-9-19/h5-11,14-16H,3-4,12-13H2,1-2H3,(H,23,26). The highest BCUT2D eigenvalue weighted by atomic mass is 16.5. The summed E-state index contributed by atoms with van der Waals surface area (Å²) in [4.78, 5) is 12.4. The minimum Gasteiger partial charge on any atom is -0.490 e. The number of nitrogens with zero attached hydrogens (tertiary/aromatic N) is 2. The number of para-hydroxylation sites is 1. The van der Waals surface area contributed by atoms with Crippen molar-refractivity contribution in [2.75, 3.05) is 19.8 Å². The topological polar surface area (TPSA) is 65.4 Å². The van der Waals surface area contributed by atoms with Crippen LogP contribution in [-0.4, -0.2) is 35.4 Å². The highest BCUT2D eigenvalue weighted by molar-refractivity contribution is 5.93. The molecule has 1 aromatic heterocycles. The Morgan fingerprint density at radius 3 is 2.54 bits per heavy atom. The second kappa shape index (κ2) is 9.60. The van der Waals surface area contributed by atoms with Gasteiger partial charge in [-0.3, -0.25) is 4.79 Å². The van der Waals surface area contributed by atoms with Crippen LogP contribution in [0.15, 0.2) is 60.9 Å². The van der Waals surface area contributed by atoms with E-state index in [1.807, 2.05) is 62.4 Å². The van der Waals surface area contributed by atoms with Gasteiger partial charge in [0.05, 0.1) is 30.7 Å². The van der Waals surface area contributed by atoms with Gasteiger partial charge in [-0.25, -0.2) is 4.68 Å². The molecule has 0 atom stereocenters. The fraction of sp³-hybridized carbons (Fsp3) is 0.273. The zero-order valence-electron chi connectivity index (χ0n) is 16.2. The van der Waals surface area contributed by atoms with Crippen molar-refractivity contribution in [1.29, 1.82) is 0 Å². The molecule has 1 heterocycles. The first kappa shape index (κ1) is 19.5. The predicted molar refractivity (Wildman–Crippen MR) is 108 cm³/mol. The van der Waals surface area contributed by atoms with Gasteiger partial charge < -0.3 is 14.8 Å². The molecule has 0 saturated heterocycles. The molecule has 0 aliphatic heterocycles. The van der Waals surface area contributed by atoms with Crippen LogP contribution >= 0.6 is 0 Å². The van der Waals surface area contributed by atoms with Gasteiger partial charge in [0.15, 0.2) is 11.5 Å². The number of ether oxygens (including phenoxy) is 2. The van der Waals surface area contributed by atoms with E-state index in [9.17, 15) is 4.79 Å². The average molecular weight is 379 g/mol. The van der Waals surface area contributed by atoms with Gasteiger partial charge in [0, 0.05) is 12.7 Å². The molecule has 3 aromatic rings. The van der Waals surface area contributed by atoms with Crippen molar-refractivity contribution < 1.29 is 14.3 Å². The van der Waals surface area contributed by atoms with Gasteiger partial charge in [0.25, 0.3) is 5.91 Å². The molecule has 1 amide bonds. The molecule has 0 radical (unpaired) electrons. The van der Waals surface area contributed by atoms with E-state index < -0.39 is 0 Å². The number of hydrogen-bond donors (Lipinski definition) is 1. The third-order valence-corrected chi connectivity index (χ3v) is 4.17. The van der Waals surface area contributed by atoms with Crippen LogP contribution in [0.5, 0.6) is 11.5 Å². The van der Waals surface area contributed by atoms with Crippen molar-refractivity contribution in [3.05, 3.63) is 72.1 Å². The monoisotopic (exact) mass is 379 g/mol. The van der Waals surface area contributed by atoms with Crippen molar-refractivity contribution in [2.24, 2.45) is 0 Å². The first-order chi connectivity index (χ1) is 13.7. The first-order valence-corrected chi connectivity index (χ1v) is 9.48. The van der Waals surface area contributed by atoms with Crippen LogP contribution in [0.4, 0.5) is 0 Å². The van der Waals surface area contributed by atoms with Crippen molar-refractivity contribution in [1.82, 2.24) is 15.1 Å². The second-order valence-corrected chi connectivity index (χ2v) is 6.16. The lowest BCUT2D eigenvalue weighted by atomic mass is 10.1. The summed E-state index contributed by atoms with van der Waals surface area (Å²) in [6.07, 6.45) is 4.01. The molecule has 146 valence electrons. The molecule has 0 saturated carbocycles. The molecule has 0 aliphatic rings. The summed E-state index contributed by atoms with van der Waals surface area (Å²) >= 11 is 0. The molecular formula is C22H25N3O3. The Labute approximate surface area is 165 Å². The predicted octanol–water partition coefficient (Wildman–Crippen LogP) is 3.64. The van der Waals surface area contributed by atoms with E-state index in [-0.39, 0.29) is 5.91 Å². The molecule has 0 spiro atoms. The van der Waals surface area contributed by atoms with Crippen molar-refractivity contribution >= 4 is 5.91 Å². The minimum atomic E-state index is -0.141. The van der Waals surface area contributed by atoms with Gasteiger partial charge in [0.1, 0.15) is 0 Å². The largest absolute Gasteiger partial charge is 0.490 e. The van der Waals surface area contributed by atoms with Crippen LogP contribution in [0.2, 0.25) is 0 Å². The van der Waals surface area contributed by atoms with Gasteiger partial charge in [-0.2, -0.15) is 5.10 Å². The van der Waals surface area contributed by atoms with Gasteiger partial charge >= 0.3 is 0 Å². The van der Waals surface area contributed by atoms with Crippen molar-refractivity contribution in [3.8, 4) is 17.2 Å². The number of amides is 1. The van der Waals surface area contributed by atoms with Crippen molar-refractivity contribution in [3.63, 3.8) is 0 Å². The van der Waals surface area contributed by atoms with E-state index >= 15 is 0 Å². The number of carbonyl (C=O) groups is 1. The fourth-order valence-corrected chi connectivity index (χ4v) is 2.84. The Morgan fingerprint density at radius 2 is 1.79 bits per heavy atom. The molecule has 6 heteroatoms. The number of benzene rings is 2. The first-order valence-electron chi connectivity index (χ1n) is 9.48. The molecule has 1 N–H and O–H groups in total. The smallest absolute Gasteiger partial charge is 0.254 e. The Bertz CT molecular complexity index is 906. The maximum atomic E-state index is 12.4. The summed E-state index contributed by atoms with van der Waals surface area (Å²) in [5.74, 6) is 1.33. The molecule has 0 bridgehead atoms. The molecule has 0 unspecified atom stereocenters. The second-order valence-electron chi connectivity index (χ2n) is 6.16. The number of hydrogen-bond acceptors (Lipinski definition) is 4. The van der Waals surface area contributed by atoms with Crippen LogP contribution in [0.1, 0.15) is 29.8 Å². The van der Waals surface area contributed by atoms with Crippen LogP contribution in [0, 0.1) is 0 Å². The normalized spacial score (nSPS) is 10.5. The number of rotatable bonds is 9. The van der Waals surface area contributed by atoms with E-state index in [2.05, 4.69) is 10.4 Å². The summed E-state index contributed by atoms with van der Waals surface area (Å²) < 4.78 is 12.9. The number of carbonyl (C=O) groups excluding carboxylic acids is 1. The molecule has 3 rings (SSSR count). The van der Waals surface area contributed by atoms with Crippen molar-refractivity contribution in [2.45, 2.75) is 20.3 Å². The molecule has 0 fully saturated rings. The van der Waals surface area contributed by atoms with Crippen LogP contribution in [0.3, 0.4) is 0 Å². The lowest BCUT2D eigenvalue weighted by Crippen LogP contribution is -2.25. The lowest BCUT2D eigenvalue weighted by molar-refractivity contribution is 0.0954. The summed E-state index contributed by atoms with van der Waals surface area (Å²) in [7, 11) is 0. The lowest BCUT2D eigenvalue weighted by Gasteiger charge is -2.12. The van der Waals surface area contributed by atoms with Gasteiger partial charge in [-0.1, -0.05) is 24.3 Å². The molecule has 0 aliphatic carbocycles. The van der Waals surface area contributed by atoms with Gasteiger partial charge in [-0.05, 0) is 50.1 Å². The van der Waals surface area contributed by atoms with Crippen LogP contribution in [0.25, 0.3) is 5.69 Å². The van der Waals surface area contributed by atoms with Gasteiger partial charge in [-0.15, -0.1) is 0 Å². The summed E-state index contributed by atoms with van der Waals surface area (Å²) in [5.41, 5.74) is 2.53. The zero-order valence-corrected chi connectivity index (χ0v) is 16.2. The summed E-state index contributed by atoms with van der Waals surface area (Å²) in [6, 6.07) is 15.6. The number of aromatic nitrogens is 2. The highest BCUT2D eigenvalue weighted by Crippen LogP contribution is 2.28. The van der Waals surface area contributed by atoms with E-state index in [1.54, 1.807) is 17.1 Å². The maximum Gasteiger partial charge on any atom is 0.254 e. The number of nitrogens with one attached hydrogen (secondary N) is 1. The summed E-state index contributed by atoms with van der Waals surface area (Å²) in [6.45, 7) is 5.57. The third kappa shape index (κ3) is 4.91. The third-order valence-electron chi connectivity index (χ3n) is 4.17. The summed E-state index contributed by atoms with van der Waals surface area (Å²) in [5, 5.41) is 7.20. The zero-order chi connectivity index (χ0) is 19.8. The molecular weight excluding hydrogens is 354 g/mol. The fourth-order valence-electron chi connectivity index (χ4n) is 2.84. The van der Waals surface area contributed by atoms with E-state index in [1.165, 1.54) is 0 Å². The molecule has 2 aromatic carbocycles. The SMILES string of the molecule is CCOc1ccc(CCNC(=O)c2cnn(-c3ccccc3)c2)cc1OCC.